The molecule has 0 radical (unpaired) electrons. The number of imidazole rings is 1. The van der Waals surface area contributed by atoms with Crippen LogP contribution < -0.4 is 10.5 Å². The van der Waals surface area contributed by atoms with Crippen LogP contribution >= 0.6 is 0 Å². The highest BCUT2D eigenvalue weighted by Crippen LogP contribution is 2.40. The Kier molecular flexibility index (Phi) is 6.69. The molecule has 3 heterocycles. The highest BCUT2D eigenvalue weighted by Gasteiger charge is 2.33. The first-order valence-corrected chi connectivity index (χ1v) is 12.9. The summed E-state index contributed by atoms with van der Waals surface area (Å²) in [5.41, 5.74) is 3.83. The lowest BCUT2D eigenvalue weighted by Gasteiger charge is -2.34. The summed E-state index contributed by atoms with van der Waals surface area (Å²) in [6, 6.07) is 9.48. The number of methoxy groups -OCH3 is 1. The van der Waals surface area contributed by atoms with Gasteiger partial charge >= 0.3 is 6.09 Å². The van der Waals surface area contributed by atoms with Gasteiger partial charge in [-0.15, -0.1) is 0 Å². The van der Waals surface area contributed by atoms with Crippen molar-refractivity contribution in [2.75, 3.05) is 12.0 Å². The molecule has 5 rings (SSSR count). The maximum atomic E-state index is 12.6. The van der Waals surface area contributed by atoms with E-state index in [0.29, 0.717) is 13.0 Å². The number of amides is 1. The van der Waals surface area contributed by atoms with E-state index < -0.39 is 0 Å². The number of aryl methyl sites for hydroxylation is 3. The van der Waals surface area contributed by atoms with E-state index in [2.05, 4.69) is 10.6 Å². The summed E-state index contributed by atoms with van der Waals surface area (Å²) in [5, 5.41) is 0. The first-order valence-electron chi connectivity index (χ1n) is 12.9. The molecule has 1 aliphatic heterocycles. The topological polar surface area (TPSA) is 86.4 Å². The van der Waals surface area contributed by atoms with Crippen LogP contribution in [0.2, 0.25) is 0 Å². The van der Waals surface area contributed by atoms with E-state index in [-0.39, 0.29) is 35.4 Å². The maximum absolute atomic E-state index is 12.6. The monoisotopic (exact) mass is 490 g/mol. The number of carbonyl (C=O) groups is 2. The lowest BCUT2D eigenvalue weighted by Crippen LogP contribution is -2.42. The third-order valence-corrected chi connectivity index (χ3v) is 7.96. The molecule has 0 bridgehead atoms. The van der Waals surface area contributed by atoms with Crippen molar-refractivity contribution in [3.63, 3.8) is 0 Å². The van der Waals surface area contributed by atoms with Gasteiger partial charge in [0.1, 0.15) is 11.6 Å². The highest BCUT2D eigenvalue weighted by molar-refractivity contribution is 5.95. The van der Waals surface area contributed by atoms with Crippen molar-refractivity contribution in [1.82, 2.24) is 14.1 Å². The minimum atomic E-state index is -0.359. The number of nitrogens with zero attached hydrogens (tertiary/aromatic N) is 4. The van der Waals surface area contributed by atoms with Crippen molar-refractivity contribution < 1.29 is 14.3 Å². The fourth-order valence-electron chi connectivity index (χ4n) is 6.04. The number of benzene rings is 1. The molecule has 1 aromatic carbocycles. The third kappa shape index (κ3) is 4.33. The number of hydrogen-bond acceptors (Lipinski definition) is 5. The summed E-state index contributed by atoms with van der Waals surface area (Å²) in [4.78, 5) is 44.0. The van der Waals surface area contributed by atoms with Crippen LogP contribution in [0.1, 0.15) is 63.4 Å². The number of hydrogen-bond donors (Lipinski definition) is 0. The van der Waals surface area contributed by atoms with E-state index >= 15 is 0 Å². The normalized spacial score (nSPS) is 21.9. The number of Topliss-reactive ketones (excluding diaryl/α,β-unsaturated/α-hetero) is 1. The van der Waals surface area contributed by atoms with Crippen LogP contribution in [0, 0.1) is 5.92 Å². The predicted molar refractivity (Wildman–Crippen MR) is 138 cm³/mol. The molecule has 1 fully saturated rings. The molecular formula is C28H34N4O4. The number of carbonyl (C=O) groups excluding carboxylic acids is 2. The molecule has 190 valence electrons. The van der Waals surface area contributed by atoms with Gasteiger partial charge in [0.25, 0.3) is 5.56 Å². The van der Waals surface area contributed by atoms with Crippen LogP contribution in [-0.4, -0.2) is 39.1 Å². The molecule has 2 aromatic heterocycles. The third-order valence-electron chi connectivity index (χ3n) is 7.96. The van der Waals surface area contributed by atoms with Gasteiger partial charge in [-0.05, 0) is 64.2 Å². The number of aromatic nitrogens is 3. The minimum Gasteiger partial charge on any atom is -0.452 e. The zero-order valence-electron chi connectivity index (χ0n) is 21.3. The Morgan fingerprint density at radius 3 is 2.72 bits per heavy atom. The molecule has 8 nitrogen and oxygen atoms in total. The van der Waals surface area contributed by atoms with Crippen LogP contribution in [0.5, 0.6) is 0 Å². The highest BCUT2D eigenvalue weighted by atomic mass is 16.5. The Bertz CT molecular complexity index is 1360. The van der Waals surface area contributed by atoms with E-state index in [0.717, 1.165) is 66.6 Å². The van der Waals surface area contributed by atoms with Gasteiger partial charge < -0.3 is 13.9 Å². The quantitative estimate of drug-likeness (QED) is 0.519. The molecular weight excluding hydrogens is 456 g/mol. The standard InChI is InChI=1S/C28H34N4O4/c1-18-10-11-22-23(31(18)28(35)36-3)12-13-24-27(22)29-25(14-16-30-15-5-4-9-26(30)34)32(24)21-8-6-7-20(17-21)19(2)33/h4-5,9,12-13,15,18,20-21H,6-8,10-11,14,16-17H2,1-3H3/t18-,20+,21+/m0/s1. The molecule has 0 N–H and O–H groups in total. The summed E-state index contributed by atoms with van der Waals surface area (Å²) in [6.07, 6.45) is 7.46. The Morgan fingerprint density at radius 2 is 1.97 bits per heavy atom. The van der Waals surface area contributed by atoms with Gasteiger partial charge in [-0.25, -0.2) is 9.78 Å². The second kappa shape index (κ2) is 9.91. The molecule has 8 heteroatoms. The molecule has 1 amide bonds. The number of fused-ring (bicyclic) bond motifs is 3. The summed E-state index contributed by atoms with van der Waals surface area (Å²) in [6.45, 7) is 4.26. The van der Waals surface area contributed by atoms with Crippen molar-refractivity contribution >= 4 is 28.6 Å². The average Bonchev–Trinajstić information content (AvgIpc) is 3.26. The van der Waals surface area contributed by atoms with Crippen molar-refractivity contribution in [2.45, 2.75) is 77.4 Å². The molecule has 0 spiro atoms. The summed E-state index contributed by atoms with van der Waals surface area (Å²) < 4.78 is 9.11. The Hall–Kier alpha value is -3.42. The van der Waals surface area contributed by atoms with E-state index in [9.17, 15) is 14.4 Å². The van der Waals surface area contributed by atoms with E-state index in [4.69, 9.17) is 9.72 Å². The second-order valence-corrected chi connectivity index (χ2v) is 10.2. The van der Waals surface area contributed by atoms with Crippen LogP contribution in [-0.2, 0) is 28.9 Å². The van der Waals surface area contributed by atoms with E-state index in [1.807, 2.05) is 19.1 Å². The molecule has 1 aliphatic carbocycles. The van der Waals surface area contributed by atoms with Gasteiger partial charge in [0.2, 0.25) is 0 Å². The van der Waals surface area contributed by atoms with E-state index in [1.54, 1.807) is 34.7 Å². The lowest BCUT2D eigenvalue weighted by molar-refractivity contribution is -0.122. The first kappa shape index (κ1) is 24.3. The number of ether oxygens (including phenoxy) is 1. The molecule has 3 atom stereocenters. The van der Waals surface area contributed by atoms with Crippen LogP contribution in [0.4, 0.5) is 10.5 Å². The molecule has 2 aliphatic rings. The Labute approximate surface area is 210 Å². The second-order valence-electron chi connectivity index (χ2n) is 10.2. The number of anilines is 1. The smallest absolute Gasteiger partial charge is 0.414 e. The molecule has 1 saturated carbocycles. The largest absolute Gasteiger partial charge is 0.452 e. The molecule has 0 saturated heterocycles. The van der Waals surface area contributed by atoms with Crippen LogP contribution in [0.15, 0.2) is 41.3 Å². The predicted octanol–water partition coefficient (Wildman–Crippen LogP) is 4.67. The van der Waals surface area contributed by atoms with Gasteiger partial charge in [0.15, 0.2) is 0 Å². The van der Waals surface area contributed by atoms with Crippen molar-refractivity contribution in [3.05, 3.63) is 58.3 Å². The number of rotatable bonds is 5. The van der Waals surface area contributed by atoms with Gasteiger partial charge in [0, 0.05) is 48.8 Å². The Balaban J connectivity index is 1.61. The SMILES string of the molecule is COC(=O)N1c2ccc3c(nc(CCn4ccccc4=O)n3[C@@H]3CCC[C@@H](C(C)=O)C3)c2CC[C@@H]1C. The van der Waals surface area contributed by atoms with Gasteiger partial charge in [-0.1, -0.05) is 12.5 Å². The van der Waals surface area contributed by atoms with Gasteiger partial charge in [0.05, 0.1) is 23.8 Å². The summed E-state index contributed by atoms with van der Waals surface area (Å²) in [5.74, 6) is 1.24. The van der Waals surface area contributed by atoms with E-state index in [1.165, 1.54) is 7.11 Å². The average molecular weight is 491 g/mol. The minimum absolute atomic E-state index is 0.0328. The summed E-state index contributed by atoms with van der Waals surface area (Å²) >= 11 is 0. The molecule has 36 heavy (non-hydrogen) atoms. The number of ketones is 1. The first-order chi connectivity index (χ1) is 17.4. The zero-order chi connectivity index (χ0) is 25.4. The Morgan fingerprint density at radius 1 is 1.14 bits per heavy atom. The van der Waals surface area contributed by atoms with Crippen molar-refractivity contribution in [2.24, 2.45) is 5.92 Å². The fourth-order valence-corrected chi connectivity index (χ4v) is 6.04. The van der Waals surface area contributed by atoms with Crippen molar-refractivity contribution in [3.8, 4) is 0 Å². The van der Waals surface area contributed by atoms with Crippen LogP contribution in [0.3, 0.4) is 0 Å². The van der Waals surface area contributed by atoms with Crippen LogP contribution in [0.25, 0.3) is 11.0 Å². The fraction of sp³-hybridized carbons (Fsp3) is 0.500. The maximum Gasteiger partial charge on any atom is 0.414 e. The zero-order valence-corrected chi connectivity index (χ0v) is 21.3. The van der Waals surface area contributed by atoms with Crippen molar-refractivity contribution in [1.29, 1.82) is 0 Å². The lowest BCUT2D eigenvalue weighted by atomic mass is 9.83. The summed E-state index contributed by atoms with van der Waals surface area (Å²) in [7, 11) is 1.41. The van der Waals surface area contributed by atoms with Gasteiger partial charge in [-0.2, -0.15) is 0 Å². The molecule has 0 unspecified atom stereocenters. The molecule has 3 aromatic rings. The number of pyridine rings is 1. The van der Waals surface area contributed by atoms with Gasteiger partial charge in [-0.3, -0.25) is 14.5 Å².